The molecule has 2 aliphatic rings. The zero-order valence-electron chi connectivity index (χ0n) is 13.0. The molecule has 2 unspecified atom stereocenters. The topological polar surface area (TPSA) is 52.6 Å². The molecule has 1 aliphatic heterocycles. The standard InChI is InChI=1S/C16H30N2O2/c1-12(2)9-17-15-8-14(7-13-3-4-13)10-18(11-15)6-5-16(19)20/h12-15,17H,3-11H2,1-2H3,(H,19,20). The largest absolute Gasteiger partial charge is 0.481 e. The van der Waals surface area contributed by atoms with Crippen LogP contribution in [0.1, 0.15) is 46.0 Å². The van der Waals surface area contributed by atoms with Crippen LogP contribution in [0.5, 0.6) is 0 Å². The van der Waals surface area contributed by atoms with Gasteiger partial charge in [-0.1, -0.05) is 26.7 Å². The van der Waals surface area contributed by atoms with Crippen molar-refractivity contribution in [2.45, 2.75) is 52.0 Å². The number of aliphatic carboxylic acids is 1. The number of nitrogens with zero attached hydrogens (tertiary/aromatic N) is 1. The van der Waals surface area contributed by atoms with E-state index in [4.69, 9.17) is 5.11 Å². The summed E-state index contributed by atoms with van der Waals surface area (Å²) in [7, 11) is 0. The minimum atomic E-state index is -0.680. The Morgan fingerprint density at radius 2 is 2.05 bits per heavy atom. The van der Waals surface area contributed by atoms with Gasteiger partial charge in [0.2, 0.25) is 0 Å². The maximum atomic E-state index is 10.8. The third-order valence-electron chi connectivity index (χ3n) is 4.43. The molecule has 0 spiro atoms. The zero-order valence-corrected chi connectivity index (χ0v) is 13.0. The van der Waals surface area contributed by atoms with Gasteiger partial charge in [-0.15, -0.1) is 0 Å². The summed E-state index contributed by atoms with van der Waals surface area (Å²) in [5, 5.41) is 12.5. The van der Waals surface area contributed by atoms with E-state index in [2.05, 4.69) is 24.1 Å². The first-order chi connectivity index (χ1) is 9.52. The number of likely N-dealkylation sites (tertiary alicyclic amines) is 1. The van der Waals surface area contributed by atoms with Gasteiger partial charge in [0.25, 0.3) is 0 Å². The molecule has 2 fully saturated rings. The first kappa shape index (κ1) is 15.8. The molecule has 0 bridgehead atoms. The Morgan fingerprint density at radius 3 is 2.65 bits per heavy atom. The number of carboxylic acids is 1. The molecule has 2 rings (SSSR count). The summed E-state index contributed by atoms with van der Waals surface area (Å²) in [6.07, 6.45) is 5.72. The molecule has 1 saturated carbocycles. The van der Waals surface area contributed by atoms with Crippen molar-refractivity contribution in [2.24, 2.45) is 17.8 Å². The minimum Gasteiger partial charge on any atom is -0.481 e. The normalized spacial score (nSPS) is 27.9. The van der Waals surface area contributed by atoms with E-state index < -0.39 is 5.97 Å². The number of nitrogens with one attached hydrogen (secondary N) is 1. The monoisotopic (exact) mass is 282 g/mol. The van der Waals surface area contributed by atoms with Crippen LogP contribution in [0.25, 0.3) is 0 Å². The third kappa shape index (κ3) is 5.80. The predicted octanol–water partition coefficient (Wildman–Crippen LogP) is 2.20. The maximum absolute atomic E-state index is 10.8. The second kappa shape index (κ2) is 7.41. The lowest BCUT2D eigenvalue weighted by Gasteiger charge is -2.38. The van der Waals surface area contributed by atoms with Crippen LogP contribution >= 0.6 is 0 Å². The first-order valence-corrected chi connectivity index (χ1v) is 8.20. The average molecular weight is 282 g/mol. The number of hydrogen-bond acceptors (Lipinski definition) is 3. The fourth-order valence-corrected chi connectivity index (χ4v) is 3.29. The quantitative estimate of drug-likeness (QED) is 0.716. The van der Waals surface area contributed by atoms with Crippen LogP contribution in [0.15, 0.2) is 0 Å². The van der Waals surface area contributed by atoms with E-state index in [-0.39, 0.29) is 6.42 Å². The highest BCUT2D eigenvalue weighted by Crippen LogP contribution is 2.37. The van der Waals surface area contributed by atoms with Crippen molar-refractivity contribution in [1.82, 2.24) is 10.2 Å². The summed E-state index contributed by atoms with van der Waals surface area (Å²) in [5.41, 5.74) is 0. The van der Waals surface area contributed by atoms with E-state index in [9.17, 15) is 4.79 Å². The Hall–Kier alpha value is -0.610. The van der Waals surface area contributed by atoms with Crippen LogP contribution in [0.3, 0.4) is 0 Å². The lowest BCUT2D eigenvalue weighted by Crippen LogP contribution is -2.50. The summed E-state index contributed by atoms with van der Waals surface area (Å²) in [5.74, 6) is 1.71. The van der Waals surface area contributed by atoms with Crippen molar-refractivity contribution in [3.8, 4) is 0 Å². The van der Waals surface area contributed by atoms with Crippen LogP contribution in [-0.4, -0.2) is 48.2 Å². The van der Waals surface area contributed by atoms with E-state index in [1.807, 2.05) is 0 Å². The van der Waals surface area contributed by atoms with Gasteiger partial charge in [-0.25, -0.2) is 0 Å². The predicted molar refractivity (Wildman–Crippen MR) is 80.8 cm³/mol. The molecule has 116 valence electrons. The molecule has 1 heterocycles. The molecule has 20 heavy (non-hydrogen) atoms. The number of carbonyl (C=O) groups is 1. The number of rotatable bonds is 8. The molecular formula is C16H30N2O2. The Labute approximate surface area is 122 Å². The van der Waals surface area contributed by atoms with Crippen LogP contribution in [0, 0.1) is 17.8 Å². The summed E-state index contributed by atoms with van der Waals surface area (Å²) in [6.45, 7) is 8.36. The molecule has 0 aromatic rings. The summed E-state index contributed by atoms with van der Waals surface area (Å²) in [6, 6.07) is 0.545. The van der Waals surface area contributed by atoms with Gasteiger partial charge in [0, 0.05) is 25.7 Å². The van der Waals surface area contributed by atoms with Crippen molar-refractivity contribution in [3.63, 3.8) is 0 Å². The van der Waals surface area contributed by atoms with E-state index in [0.29, 0.717) is 18.5 Å². The molecule has 0 amide bonds. The van der Waals surface area contributed by atoms with Crippen molar-refractivity contribution < 1.29 is 9.90 Å². The van der Waals surface area contributed by atoms with Crippen molar-refractivity contribution in [1.29, 1.82) is 0 Å². The molecule has 1 saturated heterocycles. The van der Waals surface area contributed by atoms with Crippen LogP contribution in [-0.2, 0) is 4.79 Å². The fourth-order valence-electron chi connectivity index (χ4n) is 3.29. The third-order valence-corrected chi connectivity index (χ3v) is 4.43. The lowest BCUT2D eigenvalue weighted by atomic mass is 9.89. The highest BCUT2D eigenvalue weighted by atomic mass is 16.4. The second-order valence-corrected chi connectivity index (χ2v) is 7.18. The van der Waals surface area contributed by atoms with Crippen molar-refractivity contribution in [2.75, 3.05) is 26.2 Å². The van der Waals surface area contributed by atoms with Crippen molar-refractivity contribution >= 4 is 5.97 Å². The smallest absolute Gasteiger partial charge is 0.304 e. The molecule has 0 radical (unpaired) electrons. The van der Waals surface area contributed by atoms with Crippen LogP contribution < -0.4 is 5.32 Å². The van der Waals surface area contributed by atoms with Gasteiger partial charge in [-0.05, 0) is 37.1 Å². The zero-order chi connectivity index (χ0) is 14.5. The highest BCUT2D eigenvalue weighted by molar-refractivity contribution is 5.66. The van der Waals surface area contributed by atoms with E-state index in [1.165, 1.54) is 25.7 Å². The second-order valence-electron chi connectivity index (χ2n) is 7.18. The van der Waals surface area contributed by atoms with E-state index >= 15 is 0 Å². The molecule has 4 heteroatoms. The Bertz CT molecular complexity index is 316. The summed E-state index contributed by atoms with van der Waals surface area (Å²) < 4.78 is 0. The fraction of sp³-hybridized carbons (Fsp3) is 0.938. The van der Waals surface area contributed by atoms with Crippen LogP contribution in [0.4, 0.5) is 0 Å². The first-order valence-electron chi connectivity index (χ1n) is 8.20. The Kier molecular flexibility index (Phi) is 5.85. The van der Waals surface area contributed by atoms with Crippen LogP contribution in [0.2, 0.25) is 0 Å². The highest BCUT2D eigenvalue weighted by Gasteiger charge is 2.32. The van der Waals surface area contributed by atoms with Gasteiger partial charge < -0.3 is 15.3 Å². The summed E-state index contributed by atoms with van der Waals surface area (Å²) >= 11 is 0. The molecule has 2 atom stereocenters. The molecule has 1 aliphatic carbocycles. The lowest BCUT2D eigenvalue weighted by molar-refractivity contribution is -0.137. The molecule has 0 aromatic carbocycles. The number of piperidine rings is 1. The Balaban J connectivity index is 1.81. The van der Waals surface area contributed by atoms with Gasteiger partial charge in [0.1, 0.15) is 0 Å². The molecule has 2 N–H and O–H groups in total. The minimum absolute atomic E-state index is 0.271. The molecular weight excluding hydrogens is 252 g/mol. The van der Waals surface area contributed by atoms with E-state index in [1.54, 1.807) is 0 Å². The van der Waals surface area contributed by atoms with Crippen molar-refractivity contribution in [3.05, 3.63) is 0 Å². The molecule has 0 aromatic heterocycles. The summed E-state index contributed by atoms with van der Waals surface area (Å²) in [4.78, 5) is 13.1. The van der Waals surface area contributed by atoms with Gasteiger partial charge in [0.05, 0.1) is 6.42 Å². The van der Waals surface area contributed by atoms with Gasteiger partial charge >= 0.3 is 5.97 Å². The van der Waals surface area contributed by atoms with E-state index in [0.717, 1.165) is 31.5 Å². The van der Waals surface area contributed by atoms with Gasteiger partial charge in [-0.2, -0.15) is 0 Å². The van der Waals surface area contributed by atoms with Gasteiger partial charge in [-0.3, -0.25) is 4.79 Å². The SMILES string of the molecule is CC(C)CNC1CC(CC2CC2)CN(CCC(=O)O)C1. The number of carboxylic acid groups (broad SMARTS) is 1. The van der Waals surface area contributed by atoms with Gasteiger partial charge in [0.15, 0.2) is 0 Å². The average Bonchev–Trinajstić information content (AvgIpc) is 3.17. The number of hydrogen-bond donors (Lipinski definition) is 2. The molecule has 4 nitrogen and oxygen atoms in total. The maximum Gasteiger partial charge on any atom is 0.304 e. The Morgan fingerprint density at radius 1 is 1.30 bits per heavy atom.